The number of halogens is 1. The summed E-state index contributed by atoms with van der Waals surface area (Å²) in [6.07, 6.45) is 0.404. The fourth-order valence-corrected chi connectivity index (χ4v) is 3.94. The second-order valence-corrected chi connectivity index (χ2v) is 8.41. The summed E-state index contributed by atoms with van der Waals surface area (Å²) in [6, 6.07) is 25.8. The molecular formula is C27H30ClN3O3. The van der Waals surface area contributed by atoms with Gasteiger partial charge in [0.05, 0.1) is 5.69 Å². The highest BCUT2D eigenvalue weighted by atomic mass is 35.5. The summed E-state index contributed by atoms with van der Waals surface area (Å²) in [6.45, 7) is 1.84. The van der Waals surface area contributed by atoms with Crippen molar-refractivity contribution in [3.8, 4) is 0 Å². The largest absolute Gasteiger partial charge is 0.443 e. The molecule has 1 amide bonds. The summed E-state index contributed by atoms with van der Waals surface area (Å²) in [4.78, 5) is 26.4. The monoisotopic (exact) mass is 479 g/mol. The molecule has 3 atom stereocenters. The van der Waals surface area contributed by atoms with Crippen LogP contribution in [-0.4, -0.2) is 36.0 Å². The van der Waals surface area contributed by atoms with Gasteiger partial charge in [-0.1, -0.05) is 72.8 Å². The fraction of sp³-hybridized carbons (Fsp3) is 0.259. The molecule has 0 bridgehead atoms. The number of anilines is 1. The minimum Gasteiger partial charge on any atom is -0.443 e. The second-order valence-electron chi connectivity index (χ2n) is 8.41. The molecule has 178 valence electrons. The lowest BCUT2D eigenvalue weighted by Crippen LogP contribution is -2.52. The maximum Gasteiger partial charge on any atom is 0.429 e. The summed E-state index contributed by atoms with van der Waals surface area (Å²) in [5.41, 5.74) is 9.35. The summed E-state index contributed by atoms with van der Waals surface area (Å²) in [5.74, 6) is 0.231. The van der Waals surface area contributed by atoms with Crippen LogP contribution in [0.4, 0.5) is 10.5 Å². The van der Waals surface area contributed by atoms with Crippen molar-refractivity contribution in [3.63, 3.8) is 0 Å². The Kier molecular flexibility index (Phi) is 8.31. The van der Waals surface area contributed by atoms with Crippen molar-refractivity contribution < 1.29 is 14.3 Å². The lowest BCUT2D eigenvalue weighted by atomic mass is 10.1. The van der Waals surface area contributed by atoms with Crippen LogP contribution in [0.5, 0.6) is 0 Å². The van der Waals surface area contributed by atoms with E-state index < -0.39 is 12.1 Å². The SMILES string of the molecule is CC(C(=O)c1ccccc1)N(C(=O)OCc1ccccc1)N(C)c1ccc(C2CC2N)cc1.Cl. The quantitative estimate of drug-likeness (QED) is 0.355. The number of hydrogen-bond donors (Lipinski definition) is 1. The molecule has 3 unspecified atom stereocenters. The van der Waals surface area contributed by atoms with Crippen LogP contribution in [0.15, 0.2) is 84.9 Å². The van der Waals surface area contributed by atoms with E-state index in [0.29, 0.717) is 11.5 Å². The van der Waals surface area contributed by atoms with E-state index in [2.05, 4.69) is 0 Å². The molecule has 1 aliphatic carbocycles. The average molecular weight is 480 g/mol. The highest BCUT2D eigenvalue weighted by Gasteiger charge is 2.35. The fourth-order valence-electron chi connectivity index (χ4n) is 3.94. The molecule has 1 aliphatic rings. The number of ketones is 1. The van der Waals surface area contributed by atoms with Crippen molar-refractivity contribution in [2.45, 2.75) is 38.0 Å². The van der Waals surface area contributed by atoms with E-state index in [1.54, 1.807) is 31.1 Å². The van der Waals surface area contributed by atoms with Crippen LogP contribution in [-0.2, 0) is 11.3 Å². The summed E-state index contributed by atoms with van der Waals surface area (Å²) < 4.78 is 5.60. The van der Waals surface area contributed by atoms with Crippen molar-refractivity contribution >= 4 is 30.0 Å². The topological polar surface area (TPSA) is 75.9 Å². The van der Waals surface area contributed by atoms with Crippen molar-refractivity contribution in [2.24, 2.45) is 5.73 Å². The average Bonchev–Trinajstić information content (AvgIpc) is 3.60. The Hall–Kier alpha value is -3.35. The minimum absolute atomic E-state index is 0. The van der Waals surface area contributed by atoms with E-state index in [0.717, 1.165) is 17.7 Å². The molecular weight excluding hydrogens is 450 g/mol. The van der Waals surface area contributed by atoms with Gasteiger partial charge in [0.25, 0.3) is 0 Å². The van der Waals surface area contributed by atoms with Gasteiger partial charge in [-0.2, -0.15) is 0 Å². The number of carbonyl (C=O) groups is 2. The zero-order valence-corrected chi connectivity index (χ0v) is 20.2. The summed E-state index contributed by atoms with van der Waals surface area (Å²) in [5, 5.41) is 3.05. The maximum atomic E-state index is 13.2. The third-order valence-corrected chi connectivity index (χ3v) is 6.05. The van der Waals surface area contributed by atoms with Crippen molar-refractivity contribution in [1.29, 1.82) is 0 Å². The van der Waals surface area contributed by atoms with Crippen LogP contribution in [0.25, 0.3) is 0 Å². The Morgan fingerprint density at radius 2 is 1.53 bits per heavy atom. The molecule has 3 aromatic rings. The van der Waals surface area contributed by atoms with Gasteiger partial charge >= 0.3 is 6.09 Å². The first-order valence-corrected chi connectivity index (χ1v) is 11.1. The lowest BCUT2D eigenvalue weighted by molar-refractivity contribution is 0.0659. The lowest BCUT2D eigenvalue weighted by Gasteiger charge is -2.36. The van der Waals surface area contributed by atoms with Crippen LogP contribution >= 0.6 is 12.4 Å². The summed E-state index contributed by atoms with van der Waals surface area (Å²) in [7, 11) is 1.76. The molecule has 4 rings (SSSR count). The van der Waals surface area contributed by atoms with E-state index >= 15 is 0 Å². The standard InChI is InChI=1S/C27H29N3O3.ClH/c1-19(26(31)22-11-7-4-8-12-22)30(27(32)33-18-20-9-5-3-6-10-20)29(2)23-15-13-21(14-16-23)24-17-25(24)28;/h3-16,19,24-25H,17-18,28H2,1-2H3;1H. The predicted molar refractivity (Wildman–Crippen MR) is 136 cm³/mol. The molecule has 2 N–H and O–H groups in total. The molecule has 0 heterocycles. The van der Waals surface area contributed by atoms with Crippen molar-refractivity contribution in [3.05, 3.63) is 102 Å². The number of nitrogens with two attached hydrogens (primary N) is 1. The Balaban J connectivity index is 0.00000324. The summed E-state index contributed by atoms with van der Waals surface area (Å²) >= 11 is 0. The van der Waals surface area contributed by atoms with Crippen molar-refractivity contribution in [2.75, 3.05) is 12.1 Å². The second kappa shape index (κ2) is 11.2. The van der Waals surface area contributed by atoms with E-state index in [4.69, 9.17) is 10.5 Å². The first-order chi connectivity index (χ1) is 16.0. The molecule has 0 aliphatic heterocycles. The van der Waals surface area contributed by atoms with Crippen LogP contribution in [0.3, 0.4) is 0 Å². The third-order valence-electron chi connectivity index (χ3n) is 6.05. The van der Waals surface area contributed by atoms with E-state index in [1.165, 1.54) is 10.6 Å². The van der Waals surface area contributed by atoms with E-state index in [9.17, 15) is 9.59 Å². The molecule has 0 aromatic heterocycles. The number of hydrogen-bond acceptors (Lipinski definition) is 5. The smallest absolute Gasteiger partial charge is 0.429 e. The molecule has 0 saturated heterocycles. The Labute approximate surface area is 206 Å². The van der Waals surface area contributed by atoms with Gasteiger partial charge in [-0.05, 0) is 36.6 Å². The number of amides is 1. The van der Waals surface area contributed by atoms with E-state index in [-0.39, 0.29) is 30.8 Å². The highest BCUT2D eigenvalue weighted by Crippen LogP contribution is 2.39. The van der Waals surface area contributed by atoms with E-state index in [1.807, 2.05) is 72.8 Å². The van der Waals surface area contributed by atoms with Gasteiger partial charge in [0.1, 0.15) is 12.6 Å². The molecule has 1 fully saturated rings. The third kappa shape index (κ3) is 5.76. The maximum absolute atomic E-state index is 13.2. The normalized spacial score (nSPS) is 17.1. The molecule has 0 radical (unpaired) electrons. The molecule has 3 aromatic carbocycles. The zero-order valence-electron chi connectivity index (χ0n) is 19.3. The molecule has 0 spiro atoms. The van der Waals surface area contributed by atoms with Gasteiger partial charge in [-0.25, -0.2) is 9.80 Å². The number of nitrogens with zero attached hydrogens (tertiary/aromatic N) is 2. The molecule has 6 nitrogen and oxygen atoms in total. The Morgan fingerprint density at radius 3 is 2.09 bits per heavy atom. The van der Waals surface area contributed by atoms with Gasteiger partial charge in [0, 0.05) is 24.6 Å². The van der Waals surface area contributed by atoms with Crippen LogP contribution in [0.2, 0.25) is 0 Å². The number of rotatable bonds is 8. The van der Waals surface area contributed by atoms with Crippen LogP contribution < -0.4 is 10.7 Å². The molecule has 1 saturated carbocycles. The number of Topliss-reactive ketones (excluding diaryl/α,β-unsaturated/α-hetero) is 1. The minimum atomic E-state index is -0.766. The van der Waals surface area contributed by atoms with Gasteiger partial charge in [0.15, 0.2) is 5.78 Å². The van der Waals surface area contributed by atoms with Gasteiger partial charge < -0.3 is 10.5 Å². The first kappa shape index (κ1) is 25.3. The van der Waals surface area contributed by atoms with Crippen LogP contribution in [0, 0.1) is 0 Å². The highest BCUT2D eigenvalue weighted by molar-refractivity contribution is 6.01. The first-order valence-electron chi connectivity index (χ1n) is 11.1. The van der Waals surface area contributed by atoms with Gasteiger partial charge in [-0.3, -0.25) is 9.80 Å². The van der Waals surface area contributed by atoms with Crippen LogP contribution in [0.1, 0.15) is 40.7 Å². The number of benzene rings is 3. The number of carbonyl (C=O) groups excluding carboxylic acids is 2. The van der Waals surface area contributed by atoms with Crippen molar-refractivity contribution in [1.82, 2.24) is 5.01 Å². The number of hydrazine groups is 1. The number of ether oxygens (including phenoxy) is 1. The Bertz CT molecular complexity index is 1090. The van der Waals surface area contributed by atoms with Gasteiger partial charge in [0.2, 0.25) is 0 Å². The predicted octanol–water partition coefficient (Wildman–Crippen LogP) is 5.18. The zero-order chi connectivity index (χ0) is 23.4. The molecule has 34 heavy (non-hydrogen) atoms. The molecule has 7 heteroatoms. The van der Waals surface area contributed by atoms with Gasteiger partial charge in [-0.15, -0.1) is 12.4 Å². The Morgan fingerprint density at radius 1 is 0.971 bits per heavy atom.